The molecule has 1 heterocycles. The molecule has 0 radical (unpaired) electrons. The fourth-order valence-electron chi connectivity index (χ4n) is 2.76. The Morgan fingerprint density at radius 1 is 1.15 bits per heavy atom. The van der Waals surface area contributed by atoms with Crippen molar-refractivity contribution >= 4 is 23.0 Å². The molecule has 0 atom stereocenters. The number of hydrogen-bond acceptors (Lipinski definition) is 4. The number of likely N-dealkylation sites (N-methyl/N-ethyl adjacent to an activating group) is 1. The van der Waals surface area contributed by atoms with E-state index in [4.69, 9.17) is 0 Å². The Balaban J connectivity index is 2.30. The van der Waals surface area contributed by atoms with Crippen LogP contribution in [0.4, 0.5) is 24.5 Å². The monoisotopic (exact) mass is 363 g/mol. The van der Waals surface area contributed by atoms with Crippen LogP contribution in [-0.4, -0.2) is 30.1 Å². The van der Waals surface area contributed by atoms with Crippen molar-refractivity contribution in [2.24, 2.45) is 4.99 Å². The molecule has 1 aliphatic rings. The minimum atomic E-state index is -4.64. The fourth-order valence-corrected chi connectivity index (χ4v) is 2.76. The van der Waals surface area contributed by atoms with Gasteiger partial charge in [0.15, 0.2) is 0 Å². The van der Waals surface area contributed by atoms with Crippen LogP contribution in [0.1, 0.15) is 16.7 Å². The summed E-state index contributed by atoms with van der Waals surface area (Å²) in [5, 5.41) is 11.1. The molecule has 0 spiro atoms. The molecule has 134 valence electrons. The van der Waals surface area contributed by atoms with E-state index >= 15 is 0 Å². The Labute approximate surface area is 145 Å². The van der Waals surface area contributed by atoms with E-state index in [2.05, 4.69) is 4.99 Å². The van der Waals surface area contributed by atoms with E-state index in [1.807, 2.05) is 0 Å². The average Bonchev–Trinajstić information content (AvgIpc) is 2.71. The summed E-state index contributed by atoms with van der Waals surface area (Å²) in [6.45, 7) is -0.361. The van der Waals surface area contributed by atoms with E-state index in [1.165, 1.54) is 42.3 Å². The minimum Gasteiger partial charge on any atom is -0.313 e. The highest BCUT2D eigenvalue weighted by Gasteiger charge is 2.36. The van der Waals surface area contributed by atoms with Crippen LogP contribution in [0.25, 0.3) is 0 Å². The number of nitro groups is 1. The van der Waals surface area contributed by atoms with Gasteiger partial charge in [0.1, 0.15) is 6.54 Å². The third-order valence-electron chi connectivity index (χ3n) is 4.04. The lowest BCUT2D eigenvalue weighted by atomic mass is 9.95. The van der Waals surface area contributed by atoms with Crippen LogP contribution in [0.3, 0.4) is 0 Å². The van der Waals surface area contributed by atoms with Gasteiger partial charge in [0.25, 0.3) is 5.69 Å². The molecule has 0 N–H and O–H groups in total. The number of amides is 1. The molecule has 9 heteroatoms. The molecular formula is C17H12F3N3O3. The average molecular weight is 363 g/mol. The van der Waals surface area contributed by atoms with Crippen molar-refractivity contribution < 1.29 is 22.9 Å². The van der Waals surface area contributed by atoms with Gasteiger partial charge in [-0.05, 0) is 12.1 Å². The zero-order valence-corrected chi connectivity index (χ0v) is 13.4. The summed E-state index contributed by atoms with van der Waals surface area (Å²) in [5.74, 6) is -0.431. The number of hydrogen-bond donors (Lipinski definition) is 0. The molecular weight excluding hydrogens is 351 g/mol. The molecule has 0 bridgehead atoms. The van der Waals surface area contributed by atoms with Gasteiger partial charge in [0.2, 0.25) is 5.91 Å². The quantitative estimate of drug-likeness (QED) is 0.606. The molecule has 0 saturated heterocycles. The second kappa shape index (κ2) is 6.25. The maximum atomic E-state index is 13.4. The first-order valence-electron chi connectivity index (χ1n) is 7.46. The number of anilines is 1. The topological polar surface area (TPSA) is 75.8 Å². The van der Waals surface area contributed by atoms with Crippen LogP contribution in [-0.2, 0) is 11.0 Å². The first-order valence-corrected chi connectivity index (χ1v) is 7.46. The fraction of sp³-hybridized carbons (Fsp3) is 0.176. The third kappa shape index (κ3) is 3.03. The molecule has 0 saturated carbocycles. The number of fused-ring (bicyclic) bond motifs is 1. The van der Waals surface area contributed by atoms with E-state index in [1.54, 1.807) is 0 Å². The molecule has 0 fully saturated rings. The van der Waals surface area contributed by atoms with E-state index in [0.717, 1.165) is 12.1 Å². The molecule has 2 aromatic carbocycles. The largest absolute Gasteiger partial charge is 0.417 e. The summed E-state index contributed by atoms with van der Waals surface area (Å²) < 4.78 is 40.2. The Hall–Kier alpha value is -3.23. The number of carbonyl (C=O) groups is 1. The zero-order chi connectivity index (χ0) is 19.1. The summed E-state index contributed by atoms with van der Waals surface area (Å²) >= 11 is 0. The SMILES string of the molecule is CN1C(=O)CN=C(c2ccccc2C(F)(F)F)c2cc([N+](=O)[O-])ccc21. The van der Waals surface area contributed by atoms with Gasteiger partial charge in [-0.15, -0.1) is 0 Å². The normalized spacial score (nSPS) is 14.5. The van der Waals surface area contributed by atoms with Gasteiger partial charge >= 0.3 is 6.18 Å². The second-order valence-corrected chi connectivity index (χ2v) is 5.62. The van der Waals surface area contributed by atoms with Crippen LogP contribution in [0, 0.1) is 10.1 Å². The number of nitro benzene ring substituents is 1. The summed E-state index contributed by atoms with van der Waals surface area (Å²) in [7, 11) is 1.45. The molecule has 6 nitrogen and oxygen atoms in total. The van der Waals surface area contributed by atoms with Crippen molar-refractivity contribution in [2.45, 2.75) is 6.18 Å². The van der Waals surface area contributed by atoms with Crippen molar-refractivity contribution in [2.75, 3.05) is 18.5 Å². The number of benzene rings is 2. The predicted molar refractivity (Wildman–Crippen MR) is 88.5 cm³/mol. The van der Waals surface area contributed by atoms with Crippen LogP contribution in [0.5, 0.6) is 0 Å². The smallest absolute Gasteiger partial charge is 0.313 e. The van der Waals surface area contributed by atoms with Crippen molar-refractivity contribution in [3.8, 4) is 0 Å². The summed E-state index contributed by atoms with van der Waals surface area (Å²) in [6, 6.07) is 8.47. The van der Waals surface area contributed by atoms with E-state index in [-0.39, 0.29) is 34.8 Å². The molecule has 0 aromatic heterocycles. The van der Waals surface area contributed by atoms with Gasteiger partial charge in [-0.2, -0.15) is 13.2 Å². The van der Waals surface area contributed by atoms with Gasteiger partial charge in [0.05, 0.1) is 21.9 Å². The lowest BCUT2D eigenvalue weighted by Crippen LogP contribution is -2.27. The Bertz CT molecular complexity index is 938. The summed E-state index contributed by atoms with van der Waals surface area (Å²) in [5.41, 5.74) is -1.20. The highest BCUT2D eigenvalue weighted by molar-refractivity contribution is 6.20. The Kier molecular flexibility index (Phi) is 4.23. The van der Waals surface area contributed by atoms with Crippen LogP contribution in [0.2, 0.25) is 0 Å². The number of nitrogens with zero attached hydrogens (tertiary/aromatic N) is 3. The zero-order valence-electron chi connectivity index (χ0n) is 13.4. The van der Waals surface area contributed by atoms with Gasteiger partial charge in [-0.1, -0.05) is 18.2 Å². The number of non-ortho nitro benzene ring substituents is 1. The molecule has 26 heavy (non-hydrogen) atoms. The van der Waals surface area contributed by atoms with Gasteiger partial charge in [-0.3, -0.25) is 19.9 Å². The number of benzodiazepines with no additional fused rings is 1. The Morgan fingerprint density at radius 3 is 2.50 bits per heavy atom. The lowest BCUT2D eigenvalue weighted by Gasteiger charge is -2.19. The maximum absolute atomic E-state index is 13.4. The first kappa shape index (κ1) is 17.6. The summed E-state index contributed by atoms with van der Waals surface area (Å²) in [4.78, 5) is 27.8. The predicted octanol–water partition coefficient (Wildman–Crippen LogP) is 3.43. The van der Waals surface area contributed by atoms with E-state index in [9.17, 15) is 28.1 Å². The number of carbonyl (C=O) groups excluding carboxylic acids is 1. The third-order valence-corrected chi connectivity index (χ3v) is 4.04. The molecule has 2 aromatic rings. The molecule has 3 rings (SSSR count). The first-order chi connectivity index (χ1) is 12.2. The molecule has 0 unspecified atom stereocenters. The maximum Gasteiger partial charge on any atom is 0.417 e. The van der Waals surface area contributed by atoms with Crippen LogP contribution in [0.15, 0.2) is 47.5 Å². The van der Waals surface area contributed by atoms with Crippen molar-refractivity contribution in [3.05, 3.63) is 69.3 Å². The molecule has 1 aliphatic heterocycles. The summed E-state index contributed by atoms with van der Waals surface area (Å²) in [6.07, 6.45) is -4.64. The number of halogens is 3. The van der Waals surface area contributed by atoms with Gasteiger partial charge in [0, 0.05) is 30.3 Å². The molecule has 0 aliphatic carbocycles. The highest BCUT2D eigenvalue weighted by atomic mass is 19.4. The van der Waals surface area contributed by atoms with Crippen LogP contribution >= 0.6 is 0 Å². The number of alkyl halides is 3. The van der Waals surface area contributed by atoms with Crippen molar-refractivity contribution in [3.63, 3.8) is 0 Å². The number of rotatable bonds is 2. The molecule has 1 amide bonds. The lowest BCUT2D eigenvalue weighted by molar-refractivity contribution is -0.384. The van der Waals surface area contributed by atoms with E-state index in [0.29, 0.717) is 0 Å². The van der Waals surface area contributed by atoms with Crippen molar-refractivity contribution in [1.29, 1.82) is 0 Å². The second-order valence-electron chi connectivity index (χ2n) is 5.62. The van der Waals surface area contributed by atoms with E-state index < -0.39 is 22.6 Å². The minimum absolute atomic E-state index is 0.101. The standard InChI is InChI=1S/C17H12F3N3O3/c1-22-14-7-6-10(23(25)26)8-12(14)16(21-9-15(22)24)11-4-2-3-5-13(11)17(18,19)20/h2-8H,9H2,1H3. The number of aliphatic imine (C=N–C) groups is 1. The van der Waals surface area contributed by atoms with Gasteiger partial charge < -0.3 is 4.90 Å². The van der Waals surface area contributed by atoms with Gasteiger partial charge in [-0.25, -0.2) is 0 Å². The Morgan fingerprint density at radius 2 is 1.85 bits per heavy atom. The van der Waals surface area contributed by atoms with Crippen LogP contribution < -0.4 is 4.90 Å². The highest BCUT2D eigenvalue weighted by Crippen LogP contribution is 2.36. The van der Waals surface area contributed by atoms with Crippen molar-refractivity contribution in [1.82, 2.24) is 0 Å².